The van der Waals surface area contributed by atoms with Crippen molar-refractivity contribution in [3.8, 4) is 17.6 Å². The average Bonchev–Trinajstić information content (AvgIpc) is 2.82. The minimum atomic E-state index is -0.563. The van der Waals surface area contributed by atoms with Gasteiger partial charge in [-0.05, 0) is 72.7 Å². The molecule has 0 saturated carbocycles. The number of carbonyl (C=O) groups excluding carboxylic acids is 2. The summed E-state index contributed by atoms with van der Waals surface area (Å²) in [6, 6.07) is 18.8. The number of hydrogen-bond donors (Lipinski definition) is 2. The van der Waals surface area contributed by atoms with E-state index in [2.05, 4.69) is 10.6 Å². The summed E-state index contributed by atoms with van der Waals surface area (Å²) in [4.78, 5) is 24.8. The lowest BCUT2D eigenvalue weighted by Crippen LogP contribution is -2.20. The monoisotopic (exact) mass is 509 g/mol. The van der Waals surface area contributed by atoms with E-state index in [9.17, 15) is 14.9 Å². The summed E-state index contributed by atoms with van der Waals surface area (Å²) in [5.41, 5.74) is 2.43. The molecule has 0 spiro atoms. The van der Waals surface area contributed by atoms with E-state index in [0.717, 1.165) is 5.56 Å². The van der Waals surface area contributed by atoms with Gasteiger partial charge in [0.25, 0.3) is 11.8 Å². The quantitative estimate of drug-likeness (QED) is 0.292. The van der Waals surface area contributed by atoms with E-state index in [0.29, 0.717) is 22.0 Å². The first kappa shape index (κ1) is 25.6. The summed E-state index contributed by atoms with van der Waals surface area (Å²) >= 11 is 12.2. The van der Waals surface area contributed by atoms with Crippen molar-refractivity contribution in [1.82, 2.24) is 0 Å². The van der Waals surface area contributed by atoms with Crippen LogP contribution in [0, 0.1) is 18.3 Å². The predicted octanol–water partition coefficient (Wildman–Crippen LogP) is 5.87. The maximum atomic E-state index is 12.6. The zero-order valence-electron chi connectivity index (χ0n) is 18.9. The van der Waals surface area contributed by atoms with Gasteiger partial charge in [-0.2, -0.15) is 5.26 Å². The first-order chi connectivity index (χ1) is 16.8. The number of amides is 2. The SMILES string of the molecule is COc1cc(/C=C(\C#N)C(=O)Nc2cccc(C)c2)cc(Cl)c1OCC(=O)Nc1ccc(Cl)cc1. The third kappa shape index (κ3) is 7.24. The van der Waals surface area contributed by atoms with E-state index in [-0.39, 0.29) is 28.7 Å². The second-order valence-corrected chi connectivity index (χ2v) is 8.21. The molecule has 3 aromatic carbocycles. The Balaban J connectivity index is 1.73. The van der Waals surface area contributed by atoms with Crippen LogP contribution in [0.15, 0.2) is 66.2 Å². The van der Waals surface area contributed by atoms with E-state index in [4.69, 9.17) is 32.7 Å². The molecule has 2 amide bonds. The van der Waals surface area contributed by atoms with Crippen molar-refractivity contribution in [2.75, 3.05) is 24.4 Å². The van der Waals surface area contributed by atoms with Gasteiger partial charge in [0, 0.05) is 16.4 Å². The molecule has 0 fully saturated rings. The van der Waals surface area contributed by atoms with Crippen LogP contribution >= 0.6 is 23.2 Å². The van der Waals surface area contributed by atoms with Crippen LogP contribution in [0.1, 0.15) is 11.1 Å². The van der Waals surface area contributed by atoms with Crippen LogP contribution in [0.25, 0.3) is 6.08 Å². The summed E-state index contributed by atoms with van der Waals surface area (Å²) in [5, 5.41) is 15.6. The summed E-state index contributed by atoms with van der Waals surface area (Å²) in [6.07, 6.45) is 1.39. The summed E-state index contributed by atoms with van der Waals surface area (Å²) in [5.74, 6) is -0.582. The Labute approximate surface area is 212 Å². The molecule has 0 aromatic heterocycles. The Morgan fingerprint density at radius 2 is 1.77 bits per heavy atom. The number of rotatable bonds is 8. The summed E-state index contributed by atoms with van der Waals surface area (Å²) < 4.78 is 10.9. The lowest BCUT2D eigenvalue weighted by Gasteiger charge is -2.13. The number of ether oxygens (including phenoxy) is 2. The van der Waals surface area contributed by atoms with Crippen molar-refractivity contribution < 1.29 is 19.1 Å². The van der Waals surface area contributed by atoms with Crippen LogP contribution in [0.5, 0.6) is 11.5 Å². The first-order valence-electron chi connectivity index (χ1n) is 10.3. The summed E-state index contributed by atoms with van der Waals surface area (Å²) in [6.45, 7) is 1.58. The third-order valence-corrected chi connectivity index (χ3v) is 5.21. The van der Waals surface area contributed by atoms with E-state index in [1.54, 1.807) is 48.5 Å². The van der Waals surface area contributed by atoms with Crippen LogP contribution in [0.4, 0.5) is 11.4 Å². The number of hydrogen-bond acceptors (Lipinski definition) is 5. The smallest absolute Gasteiger partial charge is 0.266 e. The Kier molecular flexibility index (Phi) is 8.74. The van der Waals surface area contributed by atoms with Crippen LogP contribution in [0.3, 0.4) is 0 Å². The Hall–Kier alpha value is -3.99. The molecule has 2 N–H and O–H groups in total. The van der Waals surface area contributed by atoms with Gasteiger partial charge in [-0.25, -0.2) is 0 Å². The second kappa shape index (κ2) is 11.9. The van der Waals surface area contributed by atoms with Gasteiger partial charge in [0.1, 0.15) is 11.6 Å². The van der Waals surface area contributed by atoms with Gasteiger partial charge in [0.2, 0.25) is 0 Å². The molecule has 3 aromatic rings. The lowest BCUT2D eigenvalue weighted by atomic mass is 10.1. The molecule has 3 rings (SSSR count). The number of nitriles is 1. The highest BCUT2D eigenvalue weighted by Crippen LogP contribution is 2.37. The fourth-order valence-electron chi connectivity index (χ4n) is 3.07. The van der Waals surface area contributed by atoms with E-state index in [1.807, 2.05) is 19.1 Å². The molecule has 0 aliphatic rings. The highest BCUT2D eigenvalue weighted by molar-refractivity contribution is 6.32. The Morgan fingerprint density at radius 3 is 2.43 bits per heavy atom. The molecule has 0 bridgehead atoms. The number of nitrogens with zero attached hydrogens (tertiary/aromatic N) is 1. The van der Waals surface area contributed by atoms with Crippen molar-refractivity contribution in [2.24, 2.45) is 0 Å². The molecular weight excluding hydrogens is 489 g/mol. The van der Waals surface area contributed by atoms with Crippen LogP contribution in [-0.4, -0.2) is 25.5 Å². The highest BCUT2D eigenvalue weighted by atomic mass is 35.5. The zero-order valence-corrected chi connectivity index (χ0v) is 20.4. The first-order valence-corrected chi connectivity index (χ1v) is 11.1. The molecule has 0 unspecified atom stereocenters. The lowest BCUT2D eigenvalue weighted by molar-refractivity contribution is -0.118. The number of anilines is 2. The average molecular weight is 510 g/mol. The molecule has 0 radical (unpaired) electrons. The number of methoxy groups -OCH3 is 1. The molecule has 7 nitrogen and oxygen atoms in total. The van der Waals surface area contributed by atoms with Crippen LogP contribution in [0.2, 0.25) is 10.0 Å². The molecule has 0 heterocycles. The van der Waals surface area contributed by atoms with E-state index < -0.39 is 11.8 Å². The van der Waals surface area contributed by atoms with Gasteiger partial charge >= 0.3 is 0 Å². The van der Waals surface area contributed by atoms with Crippen molar-refractivity contribution >= 4 is 52.5 Å². The zero-order chi connectivity index (χ0) is 25.4. The molecule has 0 aliphatic heterocycles. The fourth-order valence-corrected chi connectivity index (χ4v) is 3.47. The third-order valence-electron chi connectivity index (χ3n) is 4.68. The standard InChI is InChI=1S/C26H21Cl2N3O4/c1-16-4-3-5-21(10-16)31-26(33)18(14-29)11-17-12-22(28)25(23(13-17)34-2)35-15-24(32)30-20-8-6-19(27)7-9-20/h3-13H,15H2,1-2H3,(H,30,32)(H,31,33)/b18-11+. The highest BCUT2D eigenvalue weighted by Gasteiger charge is 2.16. The van der Waals surface area contributed by atoms with Crippen molar-refractivity contribution in [3.63, 3.8) is 0 Å². The number of halogens is 2. The molecule has 0 aliphatic carbocycles. The van der Waals surface area contributed by atoms with Crippen molar-refractivity contribution in [1.29, 1.82) is 5.26 Å². The van der Waals surface area contributed by atoms with E-state index >= 15 is 0 Å². The molecule has 0 atom stereocenters. The minimum absolute atomic E-state index is 0.124. The van der Waals surface area contributed by atoms with Gasteiger partial charge in [-0.15, -0.1) is 0 Å². The largest absolute Gasteiger partial charge is 0.493 e. The maximum Gasteiger partial charge on any atom is 0.266 e. The van der Waals surface area contributed by atoms with Gasteiger partial charge in [-0.1, -0.05) is 35.3 Å². The topological polar surface area (TPSA) is 100 Å². The normalized spacial score (nSPS) is 10.8. The Morgan fingerprint density at radius 1 is 1.03 bits per heavy atom. The summed E-state index contributed by atoms with van der Waals surface area (Å²) in [7, 11) is 1.41. The van der Waals surface area contributed by atoms with Gasteiger partial charge < -0.3 is 20.1 Å². The Bertz CT molecular complexity index is 1320. The van der Waals surface area contributed by atoms with Gasteiger partial charge in [0.05, 0.1) is 12.1 Å². The predicted molar refractivity (Wildman–Crippen MR) is 137 cm³/mol. The van der Waals surface area contributed by atoms with Crippen LogP contribution < -0.4 is 20.1 Å². The van der Waals surface area contributed by atoms with E-state index in [1.165, 1.54) is 19.3 Å². The van der Waals surface area contributed by atoms with Gasteiger partial charge in [0.15, 0.2) is 18.1 Å². The fraction of sp³-hybridized carbons (Fsp3) is 0.115. The number of nitrogens with one attached hydrogen (secondary N) is 2. The second-order valence-electron chi connectivity index (χ2n) is 7.37. The van der Waals surface area contributed by atoms with Crippen molar-refractivity contribution in [2.45, 2.75) is 6.92 Å². The molecule has 35 heavy (non-hydrogen) atoms. The minimum Gasteiger partial charge on any atom is -0.493 e. The maximum absolute atomic E-state index is 12.6. The molecule has 0 saturated heterocycles. The van der Waals surface area contributed by atoms with Crippen LogP contribution in [-0.2, 0) is 9.59 Å². The molecule has 178 valence electrons. The molecular formula is C26H21Cl2N3O4. The van der Waals surface area contributed by atoms with Gasteiger partial charge in [-0.3, -0.25) is 9.59 Å². The number of carbonyl (C=O) groups is 2. The molecule has 9 heteroatoms. The van der Waals surface area contributed by atoms with Crippen molar-refractivity contribution in [3.05, 3.63) is 87.4 Å². The number of benzene rings is 3. The number of aryl methyl sites for hydroxylation is 1.